The zero-order chi connectivity index (χ0) is 12.1. The summed E-state index contributed by atoms with van der Waals surface area (Å²) in [6, 6.07) is 4.34. The van der Waals surface area contributed by atoms with Crippen LogP contribution in [0, 0.1) is 6.92 Å². The van der Waals surface area contributed by atoms with E-state index in [9.17, 15) is 0 Å². The molecular formula is C12H21N3O. The van der Waals surface area contributed by atoms with Gasteiger partial charge >= 0.3 is 0 Å². The van der Waals surface area contributed by atoms with Gasteiger partial charge in [-0.05, 0) is 26.0 Å². The molecule has 0 fully saturated rings. The van der Waals surface area contributed by atoms with Gasteiger partial charge in [-0.25, -0.2) is 4.98 Å². The first-order valence-electron chi connectivity index (χ1n) is 5.45. The van der Waals surface area contributed by atoms with Gasteiger partial charge in [0.1, 0.15) is 0 Å². The van der Waals surface area contributed by atoms with Crippen molar-refractivity contribution in [3.8, 4) is 0 Å². The fourth-order valence-corrected chi connectivity index (χ4v) is 1.55. The molecule has 0 aromatic carbocycles. The van der Waals surface area contributed by atoms with E-state index in [1.54, 1.807) is 7.11 Å². The monoisotopic (exact) mass is 223 g/mol. The van der Waals surface area contributed by atoms with Crippen LogP contribution in [0.4, 0.5) is 11.5 Å². The maximum absolute atomic E-state index is 5.10. The van der Waals surface area contributed by atoms with E-state index in [2.05, 4.69) is 23.3 Å². The minimum Gasteiger partial charge on any atom is -0.383 e. The van der Waals surface area contributed by atoms with E-state index in [-0.39, 0.29) is 6.04 Å². The van der Waals surface area contributed by atoms with E-state index in [4.69, 9.17) is 4.74 Å². The number of nitrogens with zero attached hydrogens (tertiary/aromatic N) is 2. The Kier molecular flexibility index (Phi) is 4.55. The summed E-state index contributed by atoms with van der Waals surface area (Å²) in [5, 5.41) is 3.39. The van der Waals surface area contributed by atoms with Gasteiger partial charge in [0.25, 0.3) is 0 Å². The SMILES string of the molecule is COCC(C)Nc1ccc(C)nc1N(C)C. The van der Waals surface area contributed by atoms with Crippen molar-refractivity contribution in [1.82, 2.24) is 4.98 Å². The second kappa shape index (κ2) is 5.70. The van der Waals surface area contributed by atoms with Crippen LogP contribution in [0.25, 0.3) is 0 Å². The summed E-state index contributed by atoms with van der Waals surface area (Å²) in [4.78, 5) is 6.52. The van der Waals surface area contributed by atoms with Gasteiger partial charge in [-0.1, -0.05) is 0 Å². The number of anilines is 2. The van der Waals surface area contributed by atoms with Gasteiger partial charge in [0.15, 0.2) is 5.82 Å². The molecule has 0 radical (unpaired) electrons. The van der Waals surface area contributed by atoms with E-state index in [0.29, 0.717) is 6.61 Å². The van der Waals surface area contributed by atoms with Crippen LogP contribution in [-0.4, -0.2) is 38.8 Å². The number of nitrogens with one attached hydrogen (secondary N) is 1. The van der Waals surface area contributed by atoms with Gasteiger partial charge in [0.05, 0.1) is 12.3 Å². The molecule has 0 bridgehead atoms. The molecule has 1 aromatic heterocycles. The largest absolute Gasteiger partial charge is 0.383 e. The van der Waals surface area contributed by atoms with E-state index in [0.717, 1.165) is 17.2 Å². The molecule has 1 rings (SSSR count). The zero-order valence-corrected chi connectivity index (χ0v) is 10.7. The molecule has 0 aliphatic carbocycles. The van der Waals surface area contributed by atoms with Crippen molar-refractivity contribution in [3.05, 3.63) is 17.8 Å². The lowest BCUT2D eigenvalue weighted by Gasteiger charge is -2.21. The fourth-order valence-electron chi connectivity index (χ4n) is 1.55. The maximum Gasteiger partial charge on any atom is 0.151 e. The molecule has 16 heavy (non-hydrogen) atoms. The first kappa shape index (κ1) is 12.8. The fraction of sp³-hybridized carbons (Fsp3) is 0.583. The van der Waals surface area contributed by atoms with E-state index >= 15 is 0 Å². The average Bonchev–Trinajstić information content (AvgIpc) is 2.20. The molecule has 1 unspecified atom stereocenters. The Morgan fingerprint density at radius 1 is 1.44 bits per heavy atom. The number of hydrogen-bond acceptors (Lipinski definition) is 4. The highest BCUT2D eigenvalue weighted by Gasteiger charge is 2.09. The molecule has 4 heteroatoms. The third-order valence-electron chi connectivity index (χ3n) is 2.26. The topological polar surface area (TPSA) is 37.4 Å². The predicted molar refractivity (Wildman–Crippen MR) is 68.3 cm³/mol. The second-order valence-electron chi connectivity index (χ2n) is 4.22. The normalized spacial score (nSPS) is 12.3. The van der Waals surface area contributed by atoms with Crippen LogP contribution < -0.4 is 10.2 Å². The molecule has 0 aliphatic rings. The highest BCUT2D eigenvalue weighted by molar-refractivity contribution is 5.65. The van der Waals surface area contributed by atoms with E-state index in [1.807, 2.05) is 32.0 Å². The lowest BCUT2D eigenvalue weighted by atomic mass is 10.2. The van der Waals surface area contributed by atoms with Crippen LogP contribution >= 0.6 is 0 Å². The molecule has 0 amide bonds. The van der Waals surface area contributed by atoms with Gasteiger partial charge < -0.3 is 15.0 Å². The molecule has 1 aromatic rings. The van der Waals surface area contributed by atoms with Gasteiger partial charge in [-0.3, -0.25) is 0 Å². The molecule has 90 valence electrons. The molecule has 0 saturated heterocycles. The first-order valence-corrected chi connectivity index (χ1v) is 5.45. The maximum atomic E-state index is 5.10. The lowest BCUT2D eigenvalue weighted by Crippen LogP contribution is -2.23. The minimum absolute atomic E-state index is 0.271. The third-order valence-corrected chi connectivity index (χ3v) is 2.26. The van der Waals surface area contributed by atoms with Gasteiger partial charge in [0, 0.05) is 32.9 Å². The lowest BCUT2D eigenvalue weighted by molar-refractivity contribution is 0.190. The molecule has 0 spiro atoms. The van der Waals surface area contributed by atoms with Crippen molar-refractivity contribution >= 4 is 11.5 Å². The Hall–Kier alpha value is -1.29. The summed E-state index contributed by atoms with van der Waals surface area (Å²) in [7, 11) is 5.69. The van der Waals surface area contributed by atoms with Crippen molar-refractivity contribution in [2.45, 2.75) is 19.9 Å². The molecule has 1 atom stereocenters. The molecule has 1 heterocycles. The van der Waals surface area contributed by atoms with Crippen LogP contribution in [0.15, 0.2) is 12.1 Å². The number of ether oxygens (including phenoxy) is 1. The van der Waals surface area contributed by atoms with Crippen molar-refractivity contribution in [3.63, 3.8) is 0 Å². The van der Waals surface area contributed by atoms with Crippen molar-refractivity contribution in [2.24, 2.45) is 0 Å². The third kappa shape index (κ3) is 3.38. The zero-order valence-electron chi connectivity index (χ0n) is 10.7. The van der Waals surface area contributed by atoms with Crippen molar-refractivity contribution in [1.29, 1.82) is 0 Å². The molecule has 1 N–H and O–H groups in total. The van der Waals surface area contributed by atoms with Crippen LogP contribution in [0.1, 0.15) is 12.6 Å². The summed E-state index contributed by atoms with van der Waals surface area (Å²) < 4.78 is 5.10. The molecule has 4 nitrogen and oxygen atoms in total. The van der Waals surface area contributed by atoms with Gasteiger partial charge in [-0.15, -0.1) is 0 Å². The van der Waals surface area contributed by atoms with Crippen LogP contribution in [0.5, 0.6) is 0 Å². The second-order valence-corrected chi connectivity index (χ2v) is 4.22. The highest BCUT2D eigenvalue weighted by Crippen LogP contribution is 2.22. The standard InChI is InChI=1S/C12H21N3O/c1-9-6-7-11(12(14-9)15(3)4)13-10(2)8-16-5/h6-7,10,13H,8H2,1-5H3. The van der Waals surface area contributed by atoms with Gasteiger partial charge in [0.2, 0.25) is 0 Å². The van der Waals surface area contributed by atoms with Crippen molar-refractivity contribution in [2.75, 3.05) is 38.0 Å². The Bertz CT molecular complexity index is 339. The van der Waals surface area contributed by atoms with E-state index < -0.39 is 0 Å². The number of rotatable bonds is 5. The molecular weight excluding hydrogens is 202 g/mol. The number of hydrogen-bond donors (Lipinski definition) is 1. The van der Waals surface area contributed by atoms with Crippen molar-refractivity contribution < 1.29 is 4.74 Å². The van der Waals surface area contributed by atoms with Crippen LogP contribution in [0.3, 0.4) is 0 Å². The summed E-state index contributed by atoms with van der Waals surface area (Å²) in [5.41, 5.74) is 2.06. The summed E-state index contributed by atoms with van der Waals surface area (Å²) in [6.45, 7) is 4.76. The van der Waals surface area contributed by atoms with Gasteiger partial charge in [-0.2, -0.15) is 0 Å². The van der Waals surface area contributed by atoms with E-state index in [1.165, 1.54) is 0 Å². The predicted octanol–water partition coefficient (Wildman–Crippen LogP) is 1.90. The number of methoxy groups -OCH3 is 1. The quantitative estimate of drug-likeness (QED) is 0.827. The number of aryl methyl sites for hydroxylation is 1. The van der Waals surface area contributed by atoms with Crippen LogP contribution in [0.2, 0.25) is 0 Å². The molecule has 0 aliphatic heterocycles. The Labute approximate surface area is 97.6 Å². The summed E-state index contributed by atoms with van der Waals surface area (Å²) >= 11 is 0. The first-order chi connectivity index (χ1) is 7.54. The average molecular weight is 223 g/mol. The minimum atomic E-state index is 0.271. The highest BCUT2D eigenvalue weighted by atomic mass is 16.5. The summed E-state index contributed by atoms with van der Waals surface area (Å²) in [6.07, 6.45) is 0. The Morgan fingerprint density at radius 2 is 2.12 bits per heavy atom. The summed E-state index contributed by atoms with van der Waals surface area (Å²) in [5.74, 6) is 0.961. The molecule has 0 saturated carbocycles. The Balaban J connectivity index is 2.86. The smallest absolute Gasteiger partial charge is 0.151 e. The van der Waals surface area contributed by atoms with Crippen LogP contribution in [-0.2, 0) is 4.74 Å². The Morgan fingerprint density at radius 3 is 2.69 bits per heavy atom. The number of aromatic nitrogens is 1. The number of pyridine rings is 1.